The largest absolute Gasteiger partial charge is 0.383 e. The van der Waals surface area contributed by atoms with Gasteiger partial charge in [0.2, 0.25) is 0 Å². The minimum atomic E-state index is 0.149. The summed E-state index contributed by atoms with van der Waals surface area (Å²) in [5.74, 6) is 0.588. The fraction of sp³-hybridized carbons (Fsp3) is 0.286. The Labute approximate surface area is 107 Å². The molecule has 0 bridgehead atoms. The number of nitrogens with one attached hydrogen (secondary N) is 1. The van der Waals surface area contributed by atoms with E-state index >= 15 is 0 Å². The Kier molecular flexibility index (Phi) is 3.89. The van der Waals surface area contributed by atoms with Crippen LogP contribution < -0.4 is 11.1 Å². The van der Waals surface area contributed by atoms with Gasteiger partial charge >= 0.3 is 0 Å². The van der Waals surface area contributed by atoms with Crippen LogP contribution in [-0.4, -0.2) is 17.0 Å². The molecule has 4 nitrogen and oxygen atoms in total. The van der Waals surface area contributed by atoms with Gasteiger partial charge < -0.3 is 11.1 Å². The second-order valence-electron chi connectivity index (χ2n) is 4.30. The Morgan fingerprint density at radius 3 is 2.78 bits per heavy atom. The smallest absolute Gasteiger partial charge is 0.126 e. The van der Waals surface area contributed by atoms with Crippen LogP contribution >= 0.6 is 0 Å². The zero-order valence-electron chi connectivity index (χ0n) is 10.7. The quantitative estimate of drug-likeness (QED) is 0.859. The maximum absolute atomic E-state index is 5.87. The van der Waals surface area contributed by atoms with Crippen molar-refractivity contribution >= 4 is 5.82 Å². The fourth-order valence-corrected chi connectivity index (χ4v) is 1.96. The van der Waals surface area contributed by atoms with E-state index in [4.69, 9.17) is 5.73 Å². The van der Waals surface area contributed by atoms with E-state index in [0.29, 0.717) is 5.82 Å². The number of nitrogens with zero attached hydrogens (tertiary/aromatic N) is 2. The van der Waals surface area contributed by atoms with Crippen molar-refractivity contribution in [3.63, 3.8) is 0 Å². The summed E-state index contributed by atoms with van der Waals surface area (Å²) in [6.45, 7) is 1.99. The molecule has 0 aliphatic heterocycles. The van der Waals surface area contributed by atoms with Crippen LogP contribution in [0.15, 0.2) is 36.5 Å². The third kappa shape index (κ3) is 2.84. The number of nitrogen functional groups attached to an aromatic ring is 1. The van der Waals surface area contributed by atoms with Gasteiger partial charge in [-0.05, 0) is 44.2 Å². The third-order valence-corrected chi connectivity index (χ3v) is 2.97. The van der Waals surface area contributed by atoms with Crippen LogP contribution in [-0.2, 0) is 6.42 Å². The number of aryl methyl sites for hydroxylation is 1. The first-order valence-corrected chi connectivity index (χ1v) is 6.01. The topological polar surface area (TPSA) is 63.8 Å². The molecule has 0 aliphatic carbocycles. The summed E-state index contributed by atoms with van der Waals surface area (Å²) in [6.07, 6.45) is 2.49. The summed E-state index contributed by atoms with van der Waals surface area (Å²) >= 11 is 0. The summed E-state index contributed by atoms with van der Waals surface area (Å²) in [4.78, 5) is 8.65. The Morgan fingerprint density at radius 1 is 1.28 bits per heavy atom. The van der Waals surface area contributed by atoms with E-state index in [1.807, 2.05) is 44.3 Å². The molecule has 0 saturated carbocycles. The van der Waals surface area contributed by atoms with Gasteiger partial charge in [-0.1, -0.05) is 12.1 Å². The zero-order valence-corrected chi connectivity index (χ0v) is 10.7. The Bertz CT molecular complexity index is 525. The lowest BCUT2D eigenvalue weighted by Crippen LogP contribution is -2.21. The highest BCUT2D eigenvalue weighted by Crippen LogP contribution is 2.19. The zero-order chi connectivity index (χ0) is 13.0. The van der Waals surface area contributed by atoms with Crippen molar-refractivity contribution in [2.24, 2.45) is 0 Å². The highest BCUT2D eigenvalue weighted by molar-refractivity contribution is 5.39. The van der Waals surface area contributed by atoms with Gasteiger partial charge in [0.05, 0.1) is 11.7 Å². The van der Waals surface area contributed by atoms with E-state index in [1.165, 1.54) is 0 Å². The van der Waals surface area contributed by atoms with Gasteiger partial charge in [-0.3, -0.25) is 4.98 Å². The SMILES string of the molecule is CNC(Cc1cccnc1N)c1cccc(C)n1. The van der Waals surface area contributed by atoms with Gasteiger partial charge in [0, 0.05) is 11.9 Å². The van der Waals surface area contributed by atoms with Crippen molar-refractivity contribution in [1.82, 2.24) is 15.3 Å². The molecule has 0 spiro atoms. The number of nitrogens with two attached hydrogens (primary N) is 1. The van der Waals surface area contributed by atoms with Crippen LogP contribution in [0.25, 0.3) is 0 Å². The van der Waals surface area contributed by atoms with E-state index in [0.717, 1.165) is 23.4 Å². The number of hydrogen-bond donors (Lipinski definition) is 2. The Hall–Kier alpha value is -1.94. The summed E-state index contributed by atoms with van der Waals surface area (Å²) < 4.78 is 0. The van der Waals surface area contributed by atoms with E-state index in [2.05, 4.69) is 15.3 Å². The monoisotopic (exact) mass is 242 g/mol. The number of rotatable bonds is 4. The molecule has 2 aromatic heterocycles. The van der Waals surface area contributed by atoms with Crippen molar-refractivity contribution in [3.05, 3.63) is 53.5 Å². The molecule has 2 heterocycles. The molecule has 0 fully saturated rings. The average molecular weight is 242 g/mol. The molecule has 0 saturated heterocycles. The van der Waals surface area contributed by atoms with Crippen LogP contribution in [0, 0.1) is 6.92 Å². The molecule has 0 aromatic carbocycles. The van der Waals surface area contributed by atoms with Crippen LogP contribution in [0.1, 0.15) is 23.0 Å². The number of hydrogen-bond acceptors (Lipinski definition) is 4. The number of aromatic nitrogens is 2. The lowest BCUT2D eigenvalue weighted by atomic mass is 10.0. The van der Waals surface area contributed by atoms with Crippen molar-refractivity contribution in [2.75, 3.05) is 12.8 Å². The number of pyridine rings is 2. The molecule has 1 unspecified atom stereocenters. The van der Waals surface area contributed by atoms with Gasteiger partial charge in [0.15, 0.2) is 0 Å². The third-order valence-electron chi connectivity index (χ3n) is 2.97. The first kappa shape index (κ1) is 12.5. The molecule has 0 amide bonds. The first-order valence-electron chi connectivity index (χ1n) is 6.01. The molecule has 2 rings (SSSR count). The molecule has 2 aromatic rings. The Balaban J connectivity index is 2.23. The lowest BCUT2D eigenvalue weighted by Gasteiger charge is -2.16. The average Bonchev–Trinajstić information content (AvgIpc) is 2.38. The van der Waals surface area contributed by atoms with Gasteiger partial charge in [0.25, 0.3) is 0 Å². The number of likely N-dealkylation sites (N-methyl/N-ethyl adjacent to an activating group) is 1. The molecule has 94 valence electrons. The summed E-state index contributed by atoms with van der Waals surface area (Å²) in [5.41, 5.74) is 8.96. The predicted octanol–water partition coefficient (Wildman–Crippen LogP) is 1.87. The minimum absolute atomic E-state index is 0.149. The number of anilines is 1. The van der Waals surface area contributed by atoms with E-state index in [1.54, 1.807) is 6.20 Å². The van der Waals surface area contributed by atoms with Crippen molar-refractivity contribution in [3.8, 4) is 0 Å². The van der Waals surface area contributed by atoms with Crippen molar-refractivity contribution in [2.45, 2.75) is 19.4 Å². The molecule has 18 heavy (non-hydrogen) atoms. The second kappa shape index (κ2) is 5.60. The molecule has 3 N–H and O–H groups in total. The van der Waals surface area contributed by atoms with Crippen LogP contribution in [0.4, 0.5) is 5.82 Å². The molecule has 1 atom stereocenters. The first-order chi connectivity index (χ1) is 8.70. The molecule has 4 heteroatoms. The van der Waals surface area contributed by atoms with Crippen LogP contribution in [0.5, 0.6) is 0 Å². The summed E-state index contributed by atoms with van der Waals surface area (Å²) in [6, 6.07) is 10.1. The highest BCUT2D eigenvalue weighted by atomic mass is 14.9. The minimum Gasteiger partial charge on any atom is -0.383 e. The standard InChI is InChI=1S/C14H18N4/c1-10-5-3-7-12(18-10)13(16-2)9-11-6-4-8-17-14(11)15/h3-8,13,16H,9H2,1-2H3,(H2,15,17). The maximum Gasteiger partial charge on any atom is 0.126 e. The normalized spacial score (nSPS) is 12.3. The van der Waals surface area contributed by atoms with E-state index < -0.39 is 0 Å². The van der Waals surface area contributed by atoms with E-state index in [9.17, 15) is 0 Å². The van der Waals surface area contributed by atoms with Crippen LogP contribution in [0.2, 0.25) is 0 Å². The van der Waals surface area contributed by atoms with Gasteiger partial charge in [-0.15, -0.1) is 0 Å². The van der Waals surface area contributed by atoms with Gasteiger partial charge in [0.1, 0.15) is 5.82 Å². The molecular weight excluding hydrogens is 224 g/mol. The molecule has 0 aliphatic rings. The predicted molar refractivity (Wildman–Crippen MR) is 73.1 cm³/mol. The van der Waals surface area contributed by atoms with Gasteiger partial charge in [-0.2, -0.15) is 0 Å². The fourth-order valence-electron chi connectivity index (χ4n) is 1.96. The van der Waals surface area contributed by atoms with Gasteiger partial charge in [-0.25, -0.2) is 4.98 Å². The summed E-state index contributed by atoms with van der Waals surface area (Å²) in [5, 5.41) is 3.28. The van der Waals surface area contributed by atoms with E-state index in [-0.39, 0.29) is 6.04 Å². The maximum atomic E-state index is 5.87. The molecular formula is C14H18N4. The Morgan fingerprint density at radius 2 is 2.11 bits per heavy atom. The molecule has 0 radical (unpaired) electrons. The summed E-state index contributed by atoms with van der Waals surface area (Å²) in [7, 11) is 1.93. The van der Waals surface area contributed by atoms with Crippen LogP contribution in [0.3, 0.4) is 0 Å². The second-order valence-corrected chi connectivity index (χ2v) is 4.30. The van der Waals surface area contributed by atoms with Crippen molar-refractivity contribution < 1.29 is 0 Å². The highest BCUT2D eigenvalue weighted by Gasteiger charge is 2.13. The van der Waals surface area contributed by atoms with Crippen molar-refractivity contribution in [1.29, 1.82) is 0 Å². The lowest BCUT2D eigenvalue weighted by molar-refractivity contribution is 0.574.